The van der Waals surface area contributed by atoms with E-state index in [-0.39, 0.29) is 5.91 Å². The lowest BCUT2D eigenvalue weighted by Crippen LogP contribution is -2.08. The van der Waals surface area contributed by atoms with Crippen LogP contribution in [0.15, 0.2) is 22.5 Å². The molecule has 1 amide bonds. The number of nitrogens with zero attached hydrogens (tertiary/aromatic N) is 1. The van der Waals surface area contributed by atoms with Crippen molar-refractivity contribution in [3.05, 3.63) is 18.2 Å². The van der Waals surface area contributed by atoms with Gasteiger partial charge in [0.15, 0.2) is 4.34 Å². The number of thioether (sulfide) groups is 1. The van der Waals surface area contributed by atoms with Crippen LogP contribution in [0.25, 0.3) is 10.2 Å². The Bertz CT molecular complexity index is 522. The van der Waals surface area contributed by atoms with Gasteiger partial charge in [-0.1, -0.05) is 18.7 Å². The quantitative estimate of drug-likeness (QED) is 0.852. The van der Waals surface area contributed by atoms with Crippen LogP contribution in [0.4, 0.5) is 5.69 Å². The fourth-order valence-electron chi connectivity index (χ4n) is 1.32. The maximum absolute atomic E-state index is 11.3. The molecule has 0 atom stereocenters. The van der Waals surface area contributed by atoms with Gasteiger partial charge in [0.05, 0.1) is 10.2 Å². The van der Waals surface area contributed by atoms with Gasteiger partial charge in [0, 0.05) is 12.1 Å². The molecule has 0 radical (unpaired) electrons. The topological polar surface area (TPSA) is 42.0 Å². The number of amides is 1. The molecule has 0 aliphatic rings. The van der Waals surface area contributed by atoms with Crippen molar-refractivity contribution in [3.8, 4) is 0 Å². The van der Waals surface area contributed by atoms with Gasteiger partial charge in [0.25, 0.3) is 0 Å². The van der Waals surface area contributed by atoms with Gasteiger partial charge in [-0.05, 0) is 24.5 Å². The predicted octanol–water partition coefficient (Wildman–Crippen LogP) is 3.37. The van der Waals surface area contributed by atoms with Crippen molar-refractivity contribution in [1.82, 2.24) is 4.98 Å². The molecule has 0 fully saturated rings. The monoisotopic (exact) mass is 252 g/mol. The number of thiazole rings is 1. The number of anilines is 1. The summed E-state index contributed by atoms with van der Waals surface area (Å²) < 4.78 is 2.16. The van der Waals surface area contributed by atoms with Crippen molar-refractivity contribution in [2.75, 3.05) is 11.6 Å². The van der Waals surface area contributed by atoms with Crippen LogP contribution >= 0.6 is 23.1 Å². The van der Waals surface area contributed by atoms with Gasteiger partial charge < -0.3 is 5.32 Å². The summed E-state index contributed by atoms with van der Waals surface area (Å²) in [7, 11) is 0. The third-order valence-electron chi connectivity index (χ3n) is 2.15. The number of carbonyl (C=O) groups is 1. The number of benzene rings is 1. The maximum Gasteiger partial charge on any atom is 0.224 e. The molecule has 0 spiro atoms. The first kappa shape index (κ1) is 11.4. The molecule has 0 bridgehead atoms. The number of aromatic nitrogens is 1. The minimum absolute atomic E-state index is 0.0361. The lowest BCUT2D eigenvalue weighted by molar-refractivity contribution is -0.115. The predicted molar refractivity (Wildman–Crippen MR) is 70.3 cm³/mol. The molecule has 2 aromatic rings. The molecule has 0 aliphatic heterocycles. The van der Waals surface area contributed by atoms with E-state index < -0.39 is 0 Å². The highest BCUT2D eigenvalue weighted by Gasteiger charge is 2.05. The van der Waals surface area contributed by atoms with E-state index in [1.807, 2.05) is 31.4 Å². The molecular weight excluding hydrogens is 240 g/mol. The van der Waals surface area contributed by atoms with E-state index in [9.17, 15) is 4.79 Å². The van der Waals surface area contributed by atoms with Crippen LogP contribution in [-0.4, -0.2) is 17.1 Å². The van der Waals surface area contributed by atoms with Crippen LogP contribution in [0.5, 0.6) is 0 Å². The highest BCUT2D eigenvalue weighted by Crippen LogP contribution is 2.29. The highest BCUT2D eigenvalue weighted by atomic mass is 32.2. The van der Waals surface area contributed by atoms with Crippen LogP contribution < -0.4 is 5.32 Å². The first-order valence-electron chi connectivity index (χ1n) is 4.97. The number of carbonyl (C=O) groups excluding carboxylic acids is 1. The average Bonchev–Trinajstić information content (AvgIpc) is 2.71. The molecule has 1 aromatic carbocycles. The zero-order valence-electron chi connectivity index (χ0n) is 9.11. The molecule has 1 heterocycles. The number of nitrogens with one attached hydrogen (secondary N) is 1. The number of rotatable bonds is 3. The number of hydrogen-bond donors (Lipinski definition) is 1. The van der Waals surface area contributed by atoms with Crippen LogP contribution in [0, 0.1) is 0 Å². The lowest BCUT2D eigenvalue weighted by atomic mass is 10.3. The Morgan fingerprint density at radius 1 is 1.56 bits per heavy atom. The second-order valence-electron chi connectivity index (χ2n) is 3.27. The SMILES string of the molecule is CCC(=O)Nc1ccc2nc(SC)sc2c1. The van der Waals surface area contributed by atoms with Crippen molar-refractivity contribution in [2.24, 2.45) is 0 Å². The summed E-state index contributed by atoms with van der Waals surface area (Å²) in [4.78, 5) is 15.7. The van der Waals surface area contributed by atoms with Crippen LogP contribution in [0.2, 0.25) is 0 Å². The van der Waals surface area contributed by atoms with Gasteiger partial charge in [0.1, 0.15) is 0 Å². The van der Waals surface area contributed by atoms with E-state index in [1.165, 1.54) is 0 Å². The van der Waals surface area contributed by atoms with Crippen molar-refractivity contribution in [1.29, 1.82) is 0 Å². The van der Waals surface area contributed by atoms with Crippen molar-refractivity contribution < 1.29 is 4.79 Å². The van der Waals surface area contributed by atoms with Gasteiger partial charge in [-0.25, -0.2) is 4.98 Å². The molecule has 0 aliphatic carbocycles. The summed E-state index contributed by atoms with van der Waals surface area (Å²) >= 11 is 3.29. The van der Waals surface area contributed by atoms with Crippen molar-refractivity contribution >= 4 is 44.9 Å². The standard InChI is InChI=1S/C11H12N2OS2/c1-3-10(14)12-7-4-5-8-9(6-7)16-11(13-8)15-2/h4-6H,3H2,1-2H3,(H,12,14). The molecule has 3 nitrogen and oxygen atoms in total. The molecule has 0 unspecified atom stereocenters. The summed E-state index contributed by atoms with van der Waals surface area (Å²) in [6.45, 7) is 1.84. The minimum atomic E-state index is 0.0361. The largest absolute Gasteiger partial charge is 0.326 e. The van der Waals surface area contributed by atoms with Gasteiger partial charge in [-0.15, -0.1) is 11.3 Å². The zero-order chi connectivity index (χ0) is 11.5. The van der Waals surface area contributed by atoms with Crippen LogP contribution in [0.3, 0.4) is 0 Å². The lowest BCUT2D eigenvalue weighted by Gasteiger charge is -2.02. The summed E-state index contributed by atoms with van der Waals surface area (Å²) in [5.74, 6) is 0.0361. The van der Waals surface area contributed by atoms with Gasteiger partial charge in [-0.3, -0.25) is 4.79 Å². The third-order valence-corrected chi connectivity index (χ3v) is 4.15. The Kier molecular flexibility index (Phi) is 3.46. The Morgan fingerprint density at radius 2 is 2.38 bits per heavy atom. The molecule has 0 saturated heterocycles. The number of hydrogen-bond acceptors (Lipinski definition) is 4. The molecular formula is C11H12N2OS2. The maximum atomic E-state index is 11.3. The Labute approximate surface area is 102 Å². The van der Waals surface area contributed by atoms with Crippen LogP contribution in [0.1, 0.15) is 13.3 Å². The molecule has 84 valence electrons. The Balaban J connectivity index is 2.32. The van der Waals surface area contributed by atoms with E-state index >= 15 is 0 Å². The first-order chi connectivity index (χ1) is 7.72. The van der Waals surface area contributed by atoms with Crippen LogP contribution in [-0.2, 0) is 4.79 Å². The Morgan fingerprint density at radius 3 is 3.06 bits per heavy atom. The molecule has 5 heteroatoms. The van der Waals surface area contributed by atoms with Gasteiger partial charge in [-0.2, -0.15) is 0 Å². The van der Waals surface area contributed by atoms with E-state index in [0.717, 1.165) is 20.2 Å². The first-order valence-corrected chi connectivity index (χ1v) is 7.01. The molecule has 16 heavy (non-hydrogen) atoms. The fraction of sp³-hybridized carbons (Fsp3) is 0.273. The summed E-state index contributed by atoms with van der Waals surface area (Å²) in [5.41, 5.74) is 1.83. The molecule has 1 aromatic heterocycles. The third kappa shape index (κ3) is 2.36. The summed E-state index contributed by atoms with van der Waals surface area (Å²) in [5, 5.41) is 2.84. The van der Waals surface area contributed by atoms with Crippen molar-refractivity contribution in [3.63, 3.8) is 0 Å². The molecule has 2 rings (SSSR count). The molecule has 1 N–H and O–H groups in total. The Hall–Kier alpha value is -1.07. The molecule has 0 saturated carbocycles. The average molecular weight is 252 g/mol. The zero-order valence-corrected chi connectivity index (χ0v) is 10.7. The van der Waals surface area contributed by atoms with E-state index in [1.54, 1.807) is 23.1 Å². The summed E-state index contributed by atoms with van der Waals surface area (Å²) in [6.07, 6.45) is 2.51. The normalized spacial score (nSPS) is 10.6. The second-order valence-corrected chi connectivity index (χ2v) is 5.35. The highest BCUT2D eigenvalue weighted by molar-refractivity contribution is 8.00. The fourth-order valence-corrected chi connectivity index (χ4v) is 2.85. The van der Waals surface area contributed by atoms with Gasteiger partial charge in [0.2, 0.25) is 5.91 Å². The van der Waals surface area contributed by atoms with Crippen molar-refractivity contribution in [2.45, 2.75) is 17.7 Å². The van der Waals surface area contributed by atoms with E-state index in [0.29, 0.717) is 6.42 Å². The van der Waals surface area contributed by atoms with Gasteiger partial charge >= 0.3 is 0 Å². The smallest absolute Gasteiger partial charge is 0.224 e. The van der Waals surface area contributed by atoms with E-state index in [4.69, 9.17) is 0 Å². The van der Waals surface area contributed by atoms with E-state index in [2.05, 4.69) is 10.3 Å². The number of fused-ring (bicyclic) bond motifs is 1. The minimum Gasteiger partial charge on any atom is -0.326 e. The summed E-state index contributed by atoms with van der Waals surface area (Å²) in [6, 6.07) is 5.80. The second kappa shape index (κ2) is 4.84.